The van der Waals surface area contributed by atoms with Gasteiger partial charge in [-0.25, -0.2) is 4.98 Å². The number of piperazine rings is 1. The van der Waals surface area contributed by atoms with Crippen LogP contribution in [-0.2, 0) is 12.8 Å². The van der Waals surface area contributed by atoms with E-state index in [1.807, 2.05) is 0 Å². The summed E-state index contributed by atoms with van der Waals surface area (Å²) < 4.78 is 2.17. The van der Waals surface area contributed by atoms with Gasteiger partial charge in [0.05, 0.1) is 11.4 Å². The van der Waals surface area contributed by atoms with E-state index in [-0.39, 0.29) is 0 Å². The molecule has 3 aromatic rings. The lowest BCUT2D eigenvalue weighted by Gasteiger charge is -2.29. The Labute approximate surface area is 142 Å². The van der Waals surface area contributed by atoms with E-state index < -0.39 is 0 Å². The van der Waals surface area contributed by atoms with Gasteiger partial charge in [-0.15, -0.1) is 0 Å². The molecule has 1 aliphatic carbocycles. The minimum atomic E-state index is 1.02. The van der Waals surface area contributed by atoms with Crippen molar-refractivity contribution < 1.29 is 0 Å². The van der Waals surface area contributed by atoms with Gasteiger partial charge in [-0.05, 0) is 48.6 Å². The summed E-state index contributed by atoms with van der Waals surface area (Å²) in [5.41, 5.74) is 7.63. The van der Waals surface area contributed by atoms with Gasteiger partial charge in [-0.1, -0.05) is 12.1 Å². The second kappa shape index (κ2) is 5.64. The van der Waals surface area contributed by atoms with E-state index in [1.165, 1.54) is 41.6 Å². The van der Waals surface area contributed by atoms with Crippen LogP contribution in [0, 0.1) is 0 Å². The number of benzene rings is 1. The Morgan fingerprint density at radius 3 is 2.71 bits per heavy atom. The van der Waals surface area contributed by atoms with Crippen LogP contribution in [0.4, 0.5) is 5.69 Å². The summed E-state index contributed by atoms with van der Waals surface area (Å²) in [7, 11) is 0. The SMILES string of the molecule is c1cc2c(cc1-c1cn3cc(N4CCNCC4)ccc3n1)CCC2. The van der Waals surface area contributed by atoms with Crippen molar-refractivity contribution in [3.63, 3.8) is 0 Å². The zero-order valence-electron chi connectivity index (χ0n) is 13.8. The molecule has 4 heteroatoms. The van der Waals surface area contributed by atoms with Crippen molar-refractivity contribution in [2.45, 2.75) is 19.3 Å². The maximum absolute atomic E-state index is 4.83. The van der Waals surface area contributed by atoms with Crippen LogP contribution in [0.1, 0.15) is 17.5 Å². The number of nitrogens with zero attached hydrogens (tertiary/aromatic N) is 3. The molecular formula is C20H22N4. The summed E-state index contributed by atoms with van der Waals surface area (Å²) >= 11 is 0. The summed E-state index contributed by atoms with van der Waals surface area (Å²) in [6, 6.07) is 11.2. The molecule has 1 saturated heterocycles. The second-order valence-corrected chi connectivity index (χ2v) is 6.85. The molecule has 1 fully saturated rings. The Bertz CT molecular complexity index is 890. The van der Waals surface area contributed by atoms with E-state index in [1.54, 1.807) is 0 Å². The fourth-order valence-corrected chi connectivity index (χ4v) is 3.96. The van der Waals surface area contributed by atoms with Gasteiger partial charge in [-0.2, -0.15) is 0 Å². The number of hydrogen-bond acceptors (Lipinski definition) is 3. The lowest BCUT2D eigenvalue weighted by molar-refractivity contribution is 0.588. The van der Waals surface area contributed by atoms with Crippen molar-refractivity contribution >= 4 is 11.3 Å². The number of pyridine rings is 1. The average molecular weight is 318 g/mol. The van der Waals surface area contributed by atoms with Crippen molar-refractivity contribution in [2.75, 3.05) is 31.1 Å². The zero-order valence-corrected chi connectivity index (χ0v) is 13.8. The smallest absolute Gasteiger partial charge is 0.137 e. The van der Waals surface area contributed by atoms with Gasteiger partial charge in [0.1, 0.15) is 5.65 Å². The van der Waals surface area contributed by atoms with Crippen LogP contribution in [0.15, 0.2) is 42.7 Å². The third-order valence-corrected chi connectivity index (χ3v) is 5.31. The molecule has 1 N–H and O–H groups in total. The number of rotatable bonds is 2. The van der Waals surface area contributed by atoms with Gasteiger partial charge in [0.25, 0.3) is 0 Å². The quantitative estimate of drug-likeness (QED) is 0.788. The van der Waals surface area contributed by atoms with Crippen molar-refractivity contribution in [1.82, 2.24) is 14.7 Å². The molecule has 0 atom stereocenters. The van der Waals surface area contributed by atoms with Crippen molar-refractivity contribution in [3.05, 3.63) is 53.9 Å². The number of fused-ring (bicyclic) bond motifs is 2. The fourth-order valence-electron chi connectivity index (χ4n) is 3.96. The summed E-state index contributed by atoms with van der Waals surface area (Å²) in [5.74, 6) is 0. The molecule has 0 unspecified atom stereocenters. The minimum absolute atomic E-state index is 1.02. The van der Waals surface area contributed by atoms with Crippen molar-refractivity contribution in [3.8, 4) is 11.3 Å². The average Bonchev–Trinajstić information content (AvgIpc) is 3.27. The molecule has 2 aromatic heterocycles. The van der Waals surface area contributed by atoms with Crippen LogP contribution in [0.3, 0.4) is 0 Å². The van der Waals surface area contributed by atoms with Gasteiger partial charge in [0.15, 0.2) is 0 Å². The second-order valence-electron chi connectivity index (χ2n) is 6.85. The molecule has 1 aromatic carbocycles. The number of aryl methyl sites for hydroxylation is 2. The molecule has 0 radical (unpaired) electrons. The van der Waals surface area contributed by atoms with Crippen LogP contribution < -0.4 is 10.2 Å². The molecule has 1 aliphatic heterocycles. The largest absolute Gasteiger partial charge is 0.368 e. The first kappa shape index (κ1) is 14.1. The lowest BCUT2D eigenvalue weighted by Crippen LogP contribution is -2.43. The molecule has 3 heterocycles. The van der Waals surface area contributed by atoms with E-state index >= 15 is 0 Å². The number of aromatic nitrogens is 2. The van der Waals surface area contributed by atoms with Crippen LogP contribution in [0.2, 0.25) is 0 Å². The third kappa shape index (κ3) is 2.38. The minimum Gasteiger partial charge on any atom is -0.368 e. The molecule has 0 saturated carbocycles. The highest BCUT2D eigenvalue weighted by atomic mass is 15.2. The maximum Gasteiger partial charge on any atom is 0.137 e. The normalized spacial score (nSPS) is 17.4. The summed E-state index contributed by atoms with van der Waals surface area (Å²) in [6.45, 7) is 4.25. The number of imidazole rings is 1. The third-order valence-electron chi connectivity index (χ3n) is 5.31. The zero-order chi connectivity index (χ0) is 15.9. The fraction of sp³-hybridized carbons (Fsp3) is 0.350. The molecule has 24 heavy (non-hydrogen) atoms. The Kier molecular flexibility index (Phi) is 3.30. The predicted octanol–water partition coefficient (Wildman–Crippen LogP) is 2.90. The Balaban J connectivity index is 1.51. The summed E-state index contributed by atoms with van der Waals surface area (Å²) in [6.07, 6.45) is 8.11. The predicted molar refractivity (Wildman–Crippen MR) is 97.7 cm³/mol. The van der Waals surface area contributed by atoms with Gasteiger partial charge in [0, 0.05) is 44.1 Å². The van der Waals surface area contributed by atoms with Crippen LogP contribution in [-0.4, -0.2) is 35.6 Å². The molecule has 5 rings (SSSR count). The molecule has 0 spiro atoms. The first-order valence-corrected chi connectivity index (χ1v) is 8.93. The first-order chi connectivity index (χ1) is 11.9. The number of nitrogens with one attached hydrogen (secondary N) is 1. The summed E-state index contributed by atoms with van der Waals surface area (Å²) in [5, 5.41) is 3.41. The van der Waals surface area contributed by atoms with E-state index in [9.17, 15) is 0 Å². The highest BCUT2D eigenvalue weighted by Gasteiger charge is 2.14. The topological polar surface area (TPSA) is 32.6 Å². The molecule has 2 aliphatic rings. The molecular weight excluding hydrogens is 296 g/mol. The maximum atomic E-state index is 4.83. The Morgan fingerprint density at radius 2 is 1.79 bits per heavy atom. The standard InChI is InChI=1S/C20H22N4/c1-2-15-4-5-17(12-16(15)3-1)19-14-24-13-18(6-7-20(24)22-19)23-10-8-21-9-11-23/h4-7,12-14,21H,1-3,8-11H2. The van der Waals surface area contributed by atoms with E-state index in [0.717, 1.165) is 37.5 Å². The van der Waals surface area contributed by atoms with E-state index in [2.05, 4.69) is 57.3 Å². The van der Waals surface area contributed by atoms with E-state index in [4.69, 9.17) is 4.98 Å². The van der Waals surface area contributed by atoms with Gasteiger partial charge < -0.3 is 14.6 Å². The van der Waals surface area contributed by atoms with Crippen LogP contribution >= 0.6 is 0 Å². The van der Waals surface area contributed by atoms with Crippen molar-refractivity contribution in [2.24, 2.45) is 0 Å². The molecule has 0 amide bonds. The highest BCUT2D eigenvalue weighted by Crippen LogP contribution is 2.28. The van der Waals surface area contributed by atoms with Crippen LogP contribution in [0.25, 0.3) is 16.9 Å². The van der Waals surface area contributed by atoms with Crippen LogP contribution in [0.5, 0.6) is 0 Å². The molecule has 0 bridgehead atoms. The molecule has 122 valence electrons. The van der Waals surface area contributed by atoms with Gasteiger partial charge >= 0.3 is 0 Å². The van der Waals surface area contributed by atoms with Gasteiger partial charge in [-0.3, -0.25) is 0 Å². The summed E-state index contributed by atoms with van der Waals surface area (Å²) in [4.78, 5) is 7.26. The first-order valence-electron chi connectivity index (χ1n) is 8.93. The van der Waals surface area contributed by atoms with Gasteiger partial charge in [0.2, 0.25) is 0 Å². The Morgan fingerprint density at radius 1 is 0.917 bits per heavy atom. The highest BCUT2D eigenvalue weighted by molar-refractivity contribution is 5.65. The van der Waals surface area contributed by atoms with E-state index in [0.29, 0.717) is 0 Å². The van der Waals surface area contributed by atoms with Crippen molar-refractivity contribution in [1.29, 1.82) is 0 Å². The lowest BCUT2D eigenvalue weighted by atomic mass is 10.1. The Hall–Kier alpha value is -2.33. The molecule has 4 nitrogen and oxygen atoms in total. The monoisotopic (exact) mass is 318 g/mol. The number of anilines is 1. The number of hydrogen-bond donors (Lipinski definition) is 1.